The number of para-hydroxylation sites is 2. The summed E-state index contributed by atoms with van der Waals surface area (Å²) in [5.74, 6) is 1.89. The van der Waals surface area contributed by atoms with Gasteiger partial charge in [-0.05, 0) is 81.4 Å². The summed E-state index contributed by atoms with van der Waals surface area (Å²) in [5, 5.41) is 9.25. The minimum Gasteiger partial charge on any atom is -0.307 e. The van der Waals surface area contributed by atoms with Crippen molar-refractivity contribution in [2.24, 2.45) is 0 Å². The highest BCUT2D eigenvalue weighted by atomic mass is 15.2. The standard InChI is InChI=1S/C59H44B5N5/c60-50-49(51(61)53(63)54(64)52(50)62)36-27-30-48(44(32-36)33-15-3-1-4-16-33)68-46-25-13-11-23-40(46)42-28-29-43-41-24-12-14-26-47(41)69(56(43)55(42)68)59-66-57(34-17-5-2-6-18-34)65-58(67-59)45-31-35-19-7-8-20-37(35)38-21-9-10-22-39(38)45/h1,3-5,7-32H,2,6,60-64H2. The first kappa shape index (κ1) is 41.1. The fourth-order valence-corrected chi connectivity index (χ4v) is 11.4. The number of allylic oxidation sites excluding steroid dienone is 4. The quantitative estimate of drug-likeness (QED) is 0.144. The molecule has 13 rings (SSSR count). The van der Waals surface area contributed by atoms with Gasteiger partial charge in [-0.3, -0.25) is 4.57 Å². The molecule has 3 aromatic heterocycles. The van der Waals surface area contributed by atoms with E-state index in [1.807, 2.05) is 0 Å². The third-order valence-electron chi connectivity index (χ3n) is 15.2. The first-order valence-electron chi connectivity index (χ1n) is 24.1. The van der Waals surface area contributed by atoms with Gasteiger partial charge < -0.3 is 4.57 Å². The van der Waals surface area contributed by atoms with E-state index in [2.05, 4.69) is 230 Å². The van der Waals surface area contributed by atoms with Gasteiger partial charge in [0.1, 0.15) is 39.2 Å². The van der Waals surface area contributed by atoms with Crippen LogP contribution in [0.1, 0.15) is 18.7 Å². The molecule has 0 radical (unpaired) electrons. The van der Waals surface area contributed by atoms with Crippen LogP contribution in [0.5, 0.6) is 0 Å². The summed E-state index contributed by atoms with van der Waals surface area (Å²) in [6, 6.07) is 59.7. The minimum atomic E-state index is 0.581. The molecule has 0 fully saturated rings. The Morgan fingerprint density at radius 1 is 0.406 bits per heavy atom. The van der Waals surface area contributed by atoms with Gasteiger partial charge in [0.05, 0.1) is 27.8 Å². The lowest BCUT2D eigenvalue weighted by atomic mass is 9.59. The maximum Gasteiger partial charge on any atom is 0.238 e. The van der Waals surface area contributed by atoms with Crippen LogP contribution in [0.25, 0.3) is 116 Å². The highest BCUT2D eigenvalue weighted by Crippen LogP contribution is 2.44. The van der Waals surface area contributed by atoms with Crippen molar-refractivity contribution in [3.63, 3.8) is 0 Å². The molecule has 0 bridgehead atoms. The van der Waals surface area contributed by atoms with Crippen molar-refractivity contribution in [1.82, 2.24) is 24.1 Å². The van der Waals surface area contributed by atoms with Crippen molar-refractivity contribution in [3.8, 4) is 45.3 Å². The van der Waals surface area contributed by atoms with Gasteiger partial charge in [0.25, 0.3) is 0 Å². The summed E-state index contributed by atoms with van der Waals surface area (Å²) >= 11 is 0. The van der Waals surface area contributed by atoms with E-state index in [9.17, 15) is 0 Å². The third kappa shape index (κ3) is 6.35. The summed E-state index contributed by atoms with van der Waals surface area (Å²) in [6.07, 6.45) is 8.59. The number of aromatic nitrogens is 5. The molecular formula is C59H44B5N5. The number of benzene rings is 9. The van der Waals surface area contributed by atoms with Gasteiger partial charge in [-0.1, -0.05) is 163 Å². The minimum absolute atomic E-state index is 0.581. The fourth-order valence-electron chi connectivity index (χ4n) is 11.4. The van der Waals surface area contributed by atoms with Crippen LogP contribution in [0.3, 0.4) is 0 Å². The summed E-state index contributed by atoms with van der Waals surface area (Å²) in [6.45, 7) is 0. The molecular weight excluding hydrogens is 833 g/mol. The Morgan fingerprint density at radius 3 is 1.68 bits per heavy atom. The Labute approximate surface area is 405 Å². The molecule has 5 nitrogen and oxygen atoms in total. The van der Waals surface area contributed by atoms with Crippen LogP contribution < -0.4 is 27.3 Å². The lowest BCUT2D eigenvalue weighted by molar-refractivity contribution is 0.928. The van der Waals surface area contributed by atoms with Crippen LogP contribution in [0.15, 0.2) is 182 Å². The Balaban J connectivity index is 1.16. The number of nitrogens with zero attached hydrogens (tertiary/aromatic N) is 5. The fraction of sp³-hybridized carbons (Fsp3) is 0.0339. The zero-order valence-electron chi connectivity index (χ0n) is 39.5. The van der Waals surface area contributed by atoms with Gasteiger partial charge in [0.2, 0.25) is 5.95 Å². The van der Waals surface area contributed by atoms with E-state index in [-0.39, 0.29) is 0 Å². The van der Waals surface area contributed by atoms with Crippen molar-refractivity contribution >= 4 is 137 Å². The lowest BCUT2D eigenvalue weighted by Crippen LogP contribution is -2.55. The maximum absolute atomic E-state index is 5.59. The Hall–Kier alpha value is -8.09. The molecule has 320 valence electrons. The van der Waals surface area contributed by atoms with Crippen LogP contribution in [0.2, 0.25) is 0 Å². The predicted octanol–water partition coefficient (Wildman–Crippen LogP) is 6.40. The number of fused-ring (bicyclic) bond motifs is 10. The van der Waals surface area contributed by atoms with Crippen molar-refractivity contribution in [3.05, 3.63) is 188 Å². The molecule has 0 spiro atoms. The molecule has 9 aromatic carbocycles. The zero-order valence-corrected chi connectivity index (χ0v) is 39.5. The number of rotatable bonds is 6. The van der Waals surface area contributed by atoms with Gasteiger partial charge >= 0.3 is 0 Å². The second kappa shape index (κ2) is 16.0. The highest BCUT2D eigenvalue weighted by Gasteiger charge is 2.26. The van der Waals surface area contributed by atoms with E-state index in [4.69, 9.17) is 15.0 Å². The molecule has 0 saturated carbocycles. The molecule has 0 aliphatic heterocycles. The van der Waals surface area contributed by atoms with Crippen molar-refractivity contribution in [2.45, 2.75) is 12.8 Å². The van der Waals surface area contributed by atoms with E-state index < -0.39 is 0 Å². The number of hydrogen-bond donors (Lipinski definition) is 0. The van der Waals surface area contributed by atoms with Gasteiger partial charge in [-0.15, -0.1) is 16.4 Å². The molecule has 1 aliphatic rings. The van der Waals surface area contributed by atoms with Crippen LogP contribution in [-0.4, -0.2) is 63.3 Å². The van der Waals surface area contributed by atoms with Crippen molar-refractivity contribution < 1.29 is 0 Å². The molecule has 0 N–H and O–H groups in total. The molecule has 69 heavy (non-hydrogen) atoms. The lowest BCUT2D eigenvalue weighted by Gasteiger charge is -2.22. The summed E-state index contributed by atoms with van der Waals surface area (Å²) in [7, 11) is 11.3. The van der Waals surface area contributed by atoms with E-state index in [1.165, 1.54) is 54.6 Å². The van der Waals surface area contributed by atoms with Crippen molar-refractivity contribution in [1.29, 1.82) is 0 Å². The molecule has 12 aromatic rings. The Morgan fingerprint density at radius 2 is 0.986 bits per heavy atom. The molecule has 0 atom stereocenters. The summed E-state index contributed by atoms with van der Waals surface area (Å²) in [4.78, 5) is 16.4. The SMILES string of the molecule is Bc1c(B)c(B)c(-c2ccc(-n3c4ccccc4c4ccc5c6ccccc6n(-c6nc(C7=CCCC=C7)nc(-c7cc8ccccc8c8ccccc78)n6)c5c43)c(-c3ccccc3)c2)c(B)c1B. The number of hydrogen-bond acceptors (Lipinski definition) is 3. The van der Waals surface area contributed by atoms with Gasteiger partial charge in [-0.25, -0.2) is 4.98 Å². The largest absolute Gasteiger partial charge is 0.307 e. The molecule has 0 amide bonds. The topological polar surface area (TPSA) is 48.5 Å². The molecule has 3 heterocycles. The van der Waals surface area contributed by atoms with E-state index in [0.717, 1.165) is 89.8 Å². The van der Waals surface area contributed by atoms with Crippen molar-refractivity contribution in [2.75, 3.05) is 0 Å². The maximum atomic E-state index is 5.59. The second-order valence-corrected chi connectivity index (χ2v) is 18.8. The third-order valence-corrected chi connectivity index (χ3v) is 15.2. The molecule has 0 saturated heterocycles. The van der Waals surface area contributed by atoms with Crippen LogP contribution >= 0.6 is 0 Å². The molecule has 1 aliphatic carbocycles. The van der Waals surface area contributed by atoms with E-state index in [0.29, 0.717) is 17.6 Å². The normalized spacial score (nSPS) is 12.8. The first-order chi connectivity index (χ1) is 33.8. The van der Waals surface area contributed by atoms with Gasteiger partial charge in [0, 0.05) is 38.2 Å². The smallest absolute Gasteiger partial charge is 0.238 e. The van der Waals surface area contributed by atoms with E-state index >= 15 is 0 Å². The zero-order chi connectivity index (χ0) is 46.5. The Kier molecular flexibility index (Phi) is 9.55. The van der Waals surface area contributed by atoms with E-state index in [1.54, 1.807) is 0 Å². The Bertz CT molecular complexity index is 4180. The van der Waals surface area contributed by atoms with Crippen LogP contribution in [-0.2, 0) is 0 Å². The molecule has 0 unspecified atom stereocenters. The first-order valence-corrected chi connectivity index (χ1v) is 24.1. The highest BCUT2D eigenvalue weighted by molar-refractivity contribution is 6.68. The monoisotopic (exact) mass is 877 g/mol. The summed E-state index contributed by atoms with van der Waals surface area (Å²) < 4.78 is 4.82. The average molecular weight is 877 g/mol. The average Bonchev–Trinajstić information content (AvgIpc) is 3.93. The second-order valence-electron chi connectivity index (χ2n) is 18.8. The van der Waals surface area contributed by atoms with Gasteiger partial charge in [0.15, 0.2) is 11.6 Å². The van der Waals surface area contributed by atoms with Crippen LogP contribution in [0.4, 0.5) is 0 Å². The predicted molar refractivity (Wildman–Crippen MR) is 307 cm³/mol. The summed E-state index contributed by atoms with van der Waals surface area (Å²) in [5.41, 5.74) is 19.0. The van der Waals surface area contributed by atoms with Gasteiger partial charge in [-0.2, -0.15) is 9.97 Å². The molecule has 10 heteroatoms. The van der Waals surface area contributed by atoms with Crippen LogP contribution in [0, 0.1) is 0 Å².